The summed E-state index contributed by atoms with van der Waals surface area (Å²) in [5.74, 6) is -0.127. The Morgan fingerprint density at radius 1 is 1.06 bits per heavy atom. The van der Waals surface area contributed by atoms with Crippen molar-refractivity contribution in [1.29, 1.82) is 0 Å². The van der Waals surface area contributed by atoms with Crippen molar-refractivity contribution in [3.63, 3.8) is 0 Å². The summed E-state index contributed by atoms with van der Waals surface area (Å²) in [6.07, 6.45) is -3.71. The Morgan fingerprint density at radius 2 is 1.85 bits per heavy atom. The summed E-state index contributed by atoms with van der Waals surface area (Å²) in [6, 6.07) is 13.9. The topological polar surface area (TPSA) is 73.3 Å². The molecule has 1 aliphatic rings. The third-order valence-electron chi connectivity index (χ3n) is 5.63. The lowest BCUT2D eigenvalue weighted by Gasteiger charge is -2.24. The number of alkyl halides is 2. The van der Waals surface area contributed by atoms with E-state index in [2.05, 4.69) is 24.8 Å². The number of hydrogen-bond donors (Lipinski definition) is 1. The molecule has 0 spiro atoms. The van der Waals surface area contributed by atoms with Crippen LogP contribution in [-0.4, -0.2) is 22.2 Å². The zero-order valence-corrected chi connectivity index (χ0v) is 18.8. The van der Waals surface area contributed by atoms with E-state index in [9.17, 15) is 13.6 Å². The van der Waals surface area contributed by atoms with Gasteiger partial charge in [-0.05, 0) is 62.2 Å². The fourth-order valence-corrected chi connectivity index (χ4v) is 4.30. The van der Waals surface area contributed by atoms with Crippen LogP contribution in [0.5, 0.6) is 11.5 Å². The number of carbonyl (C=O) groups excluding carboxylic acids is 1. The second kappa shape index (κ2) is 7.48. The molecule has 0 unspecified atom stereocenters. The van der Waals surface area contributed by atoms with Gasteiger partial charge in [-0.25, -0.2) is 9.97 Å². The Kier molecular flexibility index (Phi) is 4.82. The van der Waals surface area contributed by atoms with E-state index in [-0.39, 0.29) is 17.4 Å². The Balaban J connectivity index is 1.41. The molecule has 0 bridgehead atoms. The van der Waals surface area contributed by atoms with E-state index in [1.165, 1.54) is 12.1 Å². The highest BCUT2D eigenvalue weighted by molar-refractivity contribution is 7.16. The number of nitrogens with zero attached hydrogens (tertiary/aromatic N) is 2. The van der Waals surface area contributed by atoms with E-state index < -0.39 is 11.7 Å². The number of fused-ring (bicyclic) bond motifs is 2. The zero-order chi connectivity index (χ0) is 23.4. The molecule has 0 fully saturated rings. The van der Waals surface area contributed by atoms with Crippen molar-refractivity contribution in [3.8, 4) is 22.8 Å². The molecular weight excluding hydrogens is 448 g/mol. The molecule has 0 saturated heterocycles. The average Bonchev–Trinajstić information content (AvgIpc) is 3.35. The average molecular weight is 467 g/mol. The molecular formula is C24H19F2N3O3S. The van der Waals surface area contributed by atoms with Crippen LogP contribution >= 0.6 is 11.3 Å². The normalized spacial score (nSPS) is 14.5. The first-order valence-electron chi connectivity index (χ1n) is 10.2. The number of halogens is 2. The van der Waals surface area contributed by atoms with Crippen molar-refractivity contribution in [2.24, 2.45) is 0 Å². The SMILES string of the molecule is Cc1ccc(NC(=O)C(C)(C)c2ccc3c(c2)OC(F)(F)O3)nc1-c1ccc2scnc2c1. The van der Waals surface area contributed by atoms with Gasteiger partial charge in [0.25, 0.3) is 0 Å². The van der Waals surface area contributed by atoms with Crippen molar-refractivity contribution in [1.82, 2.24) is 9.97 Å². The largest absolute Gasteiger partial charge is 0.586 e. The summed E-state index contributed by atoms with van der Waals surface area (Å²) in [6.45, 7) is 5.35. The van der Waals surface area contributed by atoms with Crippen LogP contribution in [0.3, 0.4) is 0 Å². The number of thiazole rings is 1. The molecule has 0 saturated carbocycles. The minimum absolute atomic E-state index is 0.0677. The quantitative estimate of drug-likeness (QED) is 0.404. The number of benzene rings is 2. The van der Waals surface area contributed by atoms with Gasteiger partial charge < -0.3 is 14.8 Å². The van der Waals surface area contributed by atoms with Crippen LogP contribution in [0.4, 0.5) is 14.6 Å². The lowest BCUT2D eigenvalue weighted by molar-refractivity contribution is -0.286. The lowest BCUT2D eigenvalue weighted by Crippen LogP contribution is -2.35. The van der Waals surface area contributed by atoms with E-state index in [0.29, 0.717) is 11.4 Å². The summed E-state index contributed by atoms with van der Waals surface area (Å²) in [4.78, 5) is 22.2. The first-order chi connectivity index (χ1) is 15.6. The fourth-order valence-electron chi connectivity index (χ4n) is 3.64. The number of aromatic nitrogens is 2. The smallest absolute Gasteiger partial charge is 0.395 e. The van der Waals surface area contributed by atoms with E-state index in [1.54, 1.807) is 42.8 Å². The standard InChI is InChI=1S/C24H19F2N3O3S/c1-13-4-9-20(28-21(13)14-5-8-19-16(10-14)27-12-33-19)29-22(30)23(2,3)15-6-7-17-18(11-15)32-24(25,26)31-17/h4-12H,1-3H3,(H,28,29,30). The highest BCUT2D eigenvalue weighted by Crippen LogP contribution is 2.43. The molecule has 0 radical (unpaired) electrons. The Labute approximate surface area is 192 Å². The highest BCUT2D eigenvalue weighted by Gasteiger charge is 2.44. The molecule has 33 heavy (non-hydrogen) atoms. The van der Waals surface area contributed by atoms with Crippen LogP contribution in [0.15, 0.2) is 54.0 Å². The molecule has 1 N–H and O–H groups in total. The lowest BCUT2D eigenvalue weighted by atomic mass is 9.83. The number of hydrogen-bond acceptors (Lipinski definition) is 6. The van der Waals surface area contributed by atoms with Gasteiger partial charge in [-0.2, -0.15) is 0 Å². The van der Waals surface area contributed by atoms with Gasteiger partial charge in [0.2, 0.25) is 5.91 Å². The summed E-state index contributed by atoms with van der Waals surface area (Å²) in [5.41, 5.74) is 4.74. The molecule has 5 rings (SSSR count). The monoisotopic (exact) mass is 467 g/mol. The maximum Gasteiger partial charge on any atom is 0.586 e. The molecule has 3 heterocycles. The van der Waals surface area contributed by atoms with E-state index in [1.807, 2.05) is 31.2 Å². The van der Waals surface area contributed by atoms with Crippen LogP contribution < -0.4 is 14.8 Å². The first-order valence-corrected chi connectivity index (χ1v) is 11.0. The number of carbonyl (C=O) groups is 1. The van der Waals surface area contributed by atoms with Crippen LogP contribution in [0.2, 0.25) is 0 Å². The number of ether oxygens (including phenoxy) is 2. The van der Waals surface area contributed by atoms with Crippen molar-refractivity contribution < 1.29 is 23.0 Å². The second-order valence-electron chi connectivity index (χ2n) is 8.30. The maximum absolute atomic E-state index is 13.4. The van der Waals surface area contributed by atoms with E-state index in [4.69, 9.17) is 0 Å². The summed E-state index contributed by atoms with van der Waals surface area (Å²) >= 11 is 1.57. The molecule has 2 aromatic heterocycles. The number of amides is 1. The zero-order valence-electron chi connectivity index (χ0n) is 18.0. The minimum atomic E-state index is -3.71. The predicted molar refractivity (Wildman–Crippen MR) is 122 cm³/mol. The molecule has 0 aliphatic carbocycles. The van der Waals surface area contributed by atoms with Gasteiger partial charge in [0.15, 0.2) is 11.5 Å². The number of aryl methyl sites for hydroxylation is 1. The third kappa shape index (κ3) is 3.89. The minimum Gasteiger partial charge on any atom is -0.395 e. The molecule has 2 aromatic carbocycles. The van der Waals surface area contributed by atoms with Gasteiger partial charge in [-0.3, -0.25) is 4.79 Å². The van der Waals surface area contributed by atoms with Crippen molar-refractivity contribution in [3.05, 3.63) is 65.2 Å². The van der Waals surface area contributed by atoms with Crippen molar-refractivity contribution in [2.45, 2.75) is 32.5 Å². The van der Waals surface area contributed by atoms with Crippen LogP contribution in [-0.2, 0) is 10.2 Å². The van der Waals surface area contributed by atoms with Gasteiger partial charge >= 0.3 is 6.29 Å². The van der Waals surface area contributed by atoms with Crippen LogP contribution in [0.25, 0.3) is 21.5 Å². The fraction of sp³-hybridized carbons (Fsp3) is 0.208. The molecule has 4 aromatic rings. The number of pyridine rings is 1. The van der Waals surface area contributed by atoms with Gasteiger partial charge in [0.05, 0.1) is 26.8 Å². The Hall–Kier alpha value is -3.59. The number of anilines is 1. The third-order valence-corrected chi connectivity index (χ3v) is 6.44. The molecule has 1 aliphatic heterocycles. The molecule has 9 heteroatoms. The molecule has 168 valence electrons. The highest BCUT2D eigenvalue weighted by atomic mass is 32.1. The molecule has 0 atom stereocenters. The van der Waals surface area contributed by atoms with Crippen LogP contribution in [0, 0.1) is 6.92 Å². The number of rotatable bonds is 4. The maximum atomic E-state index is 13.4. The van der Waals surface area contributed by atoms with Crippen molar-refractivity contribution >= 4 is 33.3 Å². The Morgan fingerprint density at radius 3 is 2.67 bits per heavy atom. The van der Waals surface area contributed by atoms with Gasteiger partial charge in [0, 0.05) is 5.56 Å². The first kappa shape index (κ1) is 21.3. The van der Waals surface area contributed by atoms with Gasteiger partial charge in [-0.15, -0.1) is 20.1 Å². The second-order valence-corrected chi connectivity index (χ2v) is 9.19. The van der Waals surface area contributed by atoms with Crippen molar-refractivity contribution in [2.75, 3.05) is 5.32 Å². The van der Waals surface area contributed by atoms with Gasteiger partial charge in [0.1, 0.15) is 5.82 Å². The summed E-state index contributed by atoms with van der Waals surface area (Å²) in [7, 11) is 0. The Bertz CT molecular complexity index is 1400. The summed E-state index contributed by atoms with van der Waals surface area (Å²) < 4.78 is 36.8. The predicted octanol–water partition coefficient (Wildman–Crippen LogP) is 5.90. The van der Waals surface area contributed by atoms with Gasteiger partial charge in [-0.1, -0.05) is 18.2 Å². The van der Waals surface area contributed by atoms with E-state index >= 15 is 0 Å². The summed E-state index contributed by atoms with van der Waals surface area (Å²) in [5, 5.41) is 2.85. The number of nitrogens with one attached hydrogen (secondary N) is 1. The molecule has 6 nitrogen and oxygen atoms in total. The van der Waals surface area contributed by atoms with E-state index in [0.717, 1.165) is 27.0 Å². The molecule has 1 amide bonds. The van der Waals surface area contributed by atoms with Crippen LogP contribution in [0.1, 0.15) is 25.0 Å².